The minimum absolute atomic E-state index is 0.00701. The first-order valence-electron chi connectivity index (χ1n) is 17.1. The first-order valence-corrected chi connectivity index (χ1v) is 17.1. The molecule has 9 heteroatoms. The number of ether oxygens (including phenoxy) is 4. The van der Waals surface area contributed by atoms with Crippen molar-refractivity contribution in [3.63, 3.8) is 0 Å². The Labute approximate surface area is 281 Å². The summed E-state index contributed by atoms with van der Waals surface area (Å²) in [5.74, 6) is -0.251. The van der Waals surface area contributed by atoms with Crippen LogP contribution in [0.2, 0.25) is 0 Å². The fourth-order valence-corrected chi connectivity index (χ4v) is 5.87. The number of methoxy groups -OCH3 is 1. The molecule has 0 radical (unpaired) electrons. The Kier molecular flexibility index (Phi) is 14.4. The molecule has 6 nitrogen and oxygen atoms in total. The smallest absolute Gasteiger partial charge is 0.425 e. The quantitative estimate of drug-likeness (QED) is 0.0764. The second-order valence-electron chi connectivity index (χ2n) is 12.4. The molecule has 3 aromatic rings. The number of esters is 2. The van der Waals surface area contributed by atoms with E-state index < -0.39 is 24.7 Å². The molecule has 0 fully saturated rings. The Balaban J connectivity index is 1.22. The lowest BCUT2D eigenvalue weighted by Crippen LogP contribution is -2.34. The molecular formula is C39H47F3O6. The predicted molar refractivity (Wildman–Crippen MR) is 179 cm³/mol. The topological polar surface area (TPSA) is 71.1 Å². The third kappa shape index (κ3) is 11.4. The van der Waals surface area contributed by atoms with Crippen LogP contribution in [0.3, 0.4) is 0 Å². The molecule has 0 N–H and O–H groups in total. The van der Waals surface area contributed by atoms with Crippen LogP contribution in [0, 0.1) is 5.92 Å². The van der Waals surface area contributed by atoms with Crippen LogP contribution in [0.15, 0.2) is 66.7 Å². The molecule has 0 heterocycles. The monoisotopic (exact) mass is 668 g/mol. The Morgan fingerprint density at radius 1 is 0.792 bits per heavy atom. The highest BCUT2D eigenvalue weighted by Crippen LogP contribution is 2.31. The lowest BCUT2D eigenvalue weighted by Gasteiger charge is -2.23. The van der Waals surface area contributed by atoms with Crippen molar-refractivity contribution in [2.75, 3.05) is 20.3 Å². The van der Waals surface area contributed by atoms with Crippen LogP contribution >= 0.6 is 0 Å². The molecule has 0 amide bonds. The third-order valence-corrected chi connectivity index (χ3v) is 8.73. The Hall–Kier alpha value is -3.85. The molecule has 0 aromatic heterocycles. The van der Waals surface area contributed by atoms with Gasteiger partial charge in [0.25, 0.3) is 0 Å². The third-order valence-electron chi connectivity index (χ3n) is 8.73. The Morgan fingerprint density at radius 3 is 2.06 bits per heavy atom. The average Bonchev–Trinajstić information content (AvgIpc) is 3.09. The van der Waals surface area contributed by atoms with E-state index in [1.807, 2.05) is 6.07 Å². The summed E-state index contributed by atoms with van der Waals surface area (Å²) in [6.45, 7) is 2.78. The highest BCUT2D eigenvalue weighted by atomic mass is 19.4. The summed E-state index contributed by atoms with van der Waals surface area (Å²) in [5, 5.41) is 0. The maximum atomic E-state index is 13.2. The van der Waals surface area contributed by atoms with Gasteiger partial charge in [0.2, 0.25) is 0 Å². The van der Waals surface area contributed by atoms with Gasteiger partial charge in [-0.2, -0.15) is 13.2 Å². The van der Waals surface area contributed by atoms with Gasteiger partial charge in [-0.25, -0.2) is 4.79 Å². The van der Waals surface area contributed by atoms with Crippen molar-refractivity contribution in [2.45, 2.75) is 96.3 Å². The number of unbranched alkanes of at least 4 members (excludes halogenated alkanes) is 7. The second-order valence-corrected chi connectivity index (χ2v) is 12.4. The number of carbonyl (C=O) groups excluding carboxylic acids is 2. The minimum Gasteiger partial charge on any atom is -0.494 e. The van der Waals surface area contributed by atoms with Crippen LogP contribution in [-0.4, -0.2) is 44.5 Å². The van der Waals surface area contributed by atoms with E-state index >= 15 is 0 Å². The molecule has 0 aliphatic heterocycles. The molecule has 0 bridgehead atoms. The number of hydrogen-bond donors (Lipinski definition) is 0. The van der Waals surface area contributed by atoms with Gasteiger partial charge in [-0.3, -0.25) is 4.79 Å². The maximum absolute atomic E-state index is 13.2. The molecule has 0 spiro atoms. The standard InChI is InChI=1S/C39H47F3O6/c1-3-4-5-6-7-8-9-10-24-46-35-22-19-31-26-33(16-15-32(31)27-35)38(44)47-34-20-17-29(18-21-34)28-11-13-30(14-12-28)37(43)48-36(23-25-45-2)39(40,41)42/h11-14,17-22,27,33,36H,3-10,15-16,23-26H2,1-2H3. The van der Waals surface area contributed by atoms with Crippen molar-refractivity contribution in [1.29, 1.82) is 0 Å². The summed E-state index contributed by atoms with van der Waals surface area (Å²) in [6.07, 6.45) is 4.81. The van der Waals surface area contributed by atoms with Crippen molar-refractivity contribution in [3.8, 4) is 22.6 Å². The van der Waals surface area contributed by atoms with Gasteiger partial charge in [-0.1, -0.05) is 82.2 Å². The van der Waals surface area contributed by atoms with Crippen LogP contribution < -0.4 is 9.47 Å². The van der Waals surface area contributed by atoms with Gasteiger partial charge >= 0.3 is 18.1 Å². The zero-order chi connectivity index (χ0) is 34.4. The average molecular weight is 669 g/mol. The van der Waals surface area contributed by atoms with E-state index in [0.29, 0.717) is 18.6 Å². The number of halogens is 3. The Bertz CT molecular complexity index is 1440. The van der Waals surface area contributed by atoms with Crippen LogP contribution in [0.4, 0.5) is 13.2 Å². The van der Waals surface area contributed by atoms with E-state index in [4.69, 9.17) is 18.9 Å². The van der Waals surface area contributed by atoms with Gasteiger partial charge in [-0.05, 0) is 84.3 Å². The zero-order valence-electron chi connectivity index (χ0n) is 28.0. The van der Waals surface area contributed by atoms with Crippen LogP contribution in [0.1, 0.15) is 92.6 Å². The molecular weight excluding hydrogens is 621 g/mol. The van der Waals surface area contributed by atoms with Gasteiger partial charge in [0, 0.05) is 13.5 Å². The maximum Gasteiger partial charge on any atom is 0.425 e. The van der Waals surface area contributed by atoms with E-state index in [-0.39, 0.29) is 24.1 Å². The fourth-order valence-electron chi connectivity index (χ4n) is 5.87. The molecule has 1 aliphatic rings. The number of fused-ring (bicyclic) bond motifs is 1. The molecule has 0 saturated heterocycles. The molecule has 260 valence electrons. The Morgan fingerprint density at radius 2 is 1.42 bits per heavy atom. The summed E-state index contributed by atoms with van der Waals surface area (Å²) in [4.78, 5) is 25.4. The fraction of sp³-hybridized carbons (Fsp3) is 0.487. The number of rotatable bonds is 18. The van der Waals surface area contributed by atoms with E-state index in [1.54, 1.807) is 36.4 Å². The van der Waals surface area contributed by atoms with Crippen molar-refractivity contribution in [2.24, 2.45) is 5.92 Å². The largest absolute Gasteiger partial charge is 0.494 e. The van der Waals surface area contributed by atoms with Crippen molar-refractivity contribution in [3.05, 3.63) is 83.4 Å². The second kappa shape index (κ2) is 18.6. The predicted octanol–water partition coefficient (Wildman–Crippen LogP) is 9.71. The molecule has 1 aliphatic carbocycles. The van der Waals surface area contributed by atoms with Crippen LogP contribution in [0.25, 0.3) is 11.1 Å². The summed E-state index contributed by atoms with van der Waals surface area (Å²) < 4.78 is 60.8. The number of carbonyl (C=O) groups is 2. The van der Waals surface area contributed by atoms with Crippen molar-refractivity contribution in [1.82, 2.24) is 0 Å². The van der Waals surface area contributed by atoms with Gasteiger partial charge in [-0.15, -0.1) is 0 Å². The van der Waals surface area contributed by atoms with E-state index in [2.05, 4.69) is 19.1 Å². The summed E-state index contributed by atoms with van der Waals surface area (Å²) in [5.41, 5.74) is 3.90. The highest BCUT2D eigenvalue weighted by Gasteiger charge is 2.42. The van der Waals surface area contributed by atoms with E-state index in [1.165, 1.54) is 69.8 Å². The van der Waals surface area contributed by atoms with Crippen molar-refractivity contribution < 1.29 is 41.7 Å². The normalized spacial score (nSPS) is 15.0. The highest BCUT2D eigenvalue weighted by molar-refractivity contribution is 5.90. The lowest BCUT2D eigenvalue weighted by molar-refractivity contribution is -0.208. The number of aryl methyl sites for hydroxylation is 1. The van der Waals surface area contributed by atoms with Crippen molar-refractivity contribution >= 4 is 11.9 Å². The summed E-state index contributed by atoms with van der Waals surface area (Å²) in [6, 6.07) is 19.2. The molecule has 3 aromatic carbocycles. The van der Waals surface area contributed by atoms with Gasteiger partial charge in [0.1, 0.15) is 11.5 Å². The number of hydrogen-bond acceptors (Lipinski definition) is 6. The van der Waals surface area contributed by atoms with Gasteiger partial charge in [0.05, 0.1) is 24.7 Å². The summed E-state index contributed by atoms with van der Waals surface area (Å²) in [7, 11) is 1.28. The van der Waals surface area contributed by atoms with E-state index in [0.717, 1.165) is 41.9 Å². The molecule has 4 rings (SSSR count). The zero-order valence-corrected chi connectivity index (χ0v) is 28.0. The van der Waals surface area contributed by atoms with E-state index in [9.17, 15) is 22.8 Å². The SMILES string of the molecule is CCCCCCCCCCOc1ccc2c(c1)CCC(C(=O)Oc1ccc(-c3ccc(C(=O)OC(CCOC)C(F)(F)F)cc3)cc1)C2. The molecule has 2 unspecified atom stereocenters. The number of alkyl halides is 3. The molecule has 2 atom stereocenters. The van der Waals surface area contributed by atoms with Gasteiger partial charge < -0.3 is 18.9 Å². The summed E-state index contributed by atoms with van der Waals surface area (Å²) >= 11 is 0. The lowest BCUT2D eigenvalue weighted by atomic mass is 9.84. The molecule has 0 saturated carbocycles. The first kappa shape index (κ1) is 37.0. The number of benzene rings is 3. The van der Waals surface area contributed by atoms with Gasteiger partial charge in [0.15, 0.2) is 6.10 Å². The van der Waals surface area contributed by atoms with Crippen LogP contribution in [0.5, 0.6) is 11.5 Å². The molecule has 48 heavy (non-hydrogen) atoms. The van der Waals surface area contributed by atoms with Crippen LogP contribution in [-0.2, 0) is 27.1 Å². The first-order chi connectivity index (χ1) is 23.2. The minimum atomic E-state index is -4.69.